The Morgan fingerprint density at radius 3 is 2.60 bits per heavy atom. The van der Waals surface area contributed by atoms with Crippen molar-refractivity contribution in [2.24, 2.45) is 0 Å². The van der Waals surface area contributed by atoms with Crippen molar-refractivity contribution in [2.45, 2.75) is 45.2 Å². The van der Waals surface area contributed by atoms with Crippen LogP contribution in [0.15, 0.2) is 42.9 Å². The van der Waals surface area contributed by atoms with Gasteiger partial charge in [-0.2, -0.15) is 15.2 Å². The van der Waals surface area contributed by atoms with E-state index in [0.717, 1.165) is 55.6 Å². The summed E-state index contributed by atoms with van der Waals surface area (Å²) >= 11 is 0. The first-order valence-electron chi connectivity index (χ1n) is 13.4. The van der Waals surface area contributed by atoms with Gasteiger partial charge in [-0.3, -0.25) is 14.8 Å². The fourth-order valence-corrected chi connectivity index (χ4v) is 5.48. The highest BCUT2D eigenvalue weighted by Gasteiger charge is 2.42. The van der Waals surface area contributed by atoms with E-state index in [0.29, 0.717) is 29.9 Å². The van der Waals surface area contributed by atoms with Crippen LogP contribution in [-0.4, -0.2) is 77.5 Å². The van der Waals surface area contributed by atoms with Crippen molar-refractivity contribution < 1.29 is 9.18 Å². The number of anilines is 3. The van der Waals surface area contributed by atoms with Crippen LogP contribution in [0.25, 0.3) is 5.82 Å². The number of piperidine rings is 1. The molecule has 1 spiro atoms. The summed E-state index contributed by atoms with van der Waals surface area (Å²) in [6, 6.07) is 7.57. The molecule has 1 atom stereocenters. The fraction of sp³-hybridized carbons (Fsp3) is 0.407. The predicted molar refractivity (Wildman–Crippen MR) is 147 cm³/mol. The summed E-state index contributed by atoms with van der Waals surface area (Å²) in [6.07, 6.45) is 5.77. The Bertz CT molecular complexity index is 1510. The van der Waals surface area contributed by atoms with E-state index in [9.17, 15) is 9.18 Å². The molecule has 1 unspecified atom stereocenters. The number of nitrogens with zero attached hydrogens (tertiary/aromatic N) is 8. The quantitative estimate of drug-likeness (QED) is 0.335. The van der Waals surface area contributed by atoms with Crippen LogP contribution in [0.1, 0.15) is 42.8 Å². The monoisotopic (exact) mass is 545 g/mol. The molecular weight excluding hydrogens is 513 g/mol. The summed E-state index contributed by atoms with van der Waals surface area (Å²) < 4.78 is 14.7. The second kappa shape index (κ2) is 10.3. The van der Waals surface area contributed by atoms with E-state index in [1.54, 1.807) is 6.20 Å². The Balaban J connectivity index is 1.12. The van der Waals surface area contributed by atoms with Crippen LogP contribution in [0, 0.1) is 19.7 Å². The zero-order chi connectivity index (χ0) is 27.9. The molecule has 0 aromatic carbocycles. The Morgan fingerprint density at radius 2 is 1.93 bits per heavy atom. The zero-order valence-corrected chi connectivity index (χ0v) is 22.7. The minimum Gasteiger partial charge on any atom is -0.348 e. The van der Waals surface area contributed by atoms with E-state index in [1.807, 2.05) is 38.1 Å². The second-order valence-electron chi connectivity index (χ2n) is 10.7. The molecule has 2 aliphatic heterocycles. The van der Waals surface area contributed by atoms with Gasteiger partial charge in [-0.25, -0.2) is 19.0 Å². The normalized spacial score (nSPS) is 18.1. The lowest BCUT2D eigenvalue weighted by Crippen LogP contribution is -2.66. The second-order valence-corrected chi connectivity index (χ2v) is 10.7. The number of amides is 1. The van der Waals surface area contributed by atoms with Gasteiger partial charge in [0.1, 0.15) is 5.82 Å². The van der Waals surface area contributed by atoms with Crippen LogP contribution in [0.4, 0.5) is 22.0 Å². The van der Waals surface area contributed by atoms with Crippen molar-refractivity contribution >= 4 is 23.5 Å². The number of carbonyl (C=O) groups excluding carboxylic acids is 1. The summed E-state index contributed by atoms with van der Waals surface area (Å²) in [5.41, 5.74) is 2.49. The topological polar surface area (TPSA) is 133 Å². The van der Waals surface area contributed by atoms with Gasteiger partial charge in [0.2, 0.25) is 11.9 Å². The first-order chi connectivity index (χ1) is 19.2. The number of aromatic nitrogens is 7. The van der Waals surface area contributed by atoms with Gasteiger partial charge >= 0.3 is 0 Å². The number of aryl methyl sites for hydroxylation is 2. The average molecular weight is 546 g/mol. The van der Waals surface area contributed by atoms with Crippen molar-refractivity contribution in [3.8, 4) is 5.82 Å². The molecule has 2 saturated heterocycles. The lowest BCUT2D eigenvalue weighted by Gasteiger charge is -2.49. The van der Waals surface area contributed by atoms with E-state index in [1.165, 1.54) is 10.9 Å². The molecule has 2 aliphatic rings. The van der Waals surface area contributed by atoms with E-state index < -0.39 is 5.82 Å². The Hall–Kier alpha value is -4.39. The van der Waals surface area contributed by atoms with Gasteiger partial charge in [-0.1, -0.05) is 6.07 Å². The molecule has 40 heavy (non-hydrogen) atoms. The Labute approximate surface area is 231 Å². The molecule has 0 aliphatic carbocycles. The van der Waals surface area contributed by atoms with Crippen molar-refractivity contribution in [1.29, 1.82) is 0 Å². The van der Waals surface area contributed by atoms with Crippen molar-refractivity contribution in [3.63, 3.8) is 0 Å². The minimum absolute atomic E-state index is 0.0173. The third kappa shape index (κ3) is 5.37. The minimum atomic E-state index is -0.412. The van der Waals surface area contributed by atoms with Crippen molar-refractivity contribution in [1.82, 2.24) is 45.1 Å². The maximum atomic E-state index is 13.3. The largest absolute Gasteiger partial charge is 0.348 e. The van der Waals surface area contributed by atoms with Gasteiger partial charge in [0, 0.05) is 55.4 Å². The number of rotatable bonds is 6. The lowest BCUT2D eigenvalue weighted by molar-refractivity contribution is -0.129. The van der Waals surface area contributed by atoms with Crippen LogP contribution >= 0.6 is 0 Å². The van der Waals surface area contributed by atoms with E-state index >= 15 is 0 Å². The molecular formula is C27H32FN11O. The van der Waals surface area contributed by atoms with Gasteiger partial charge in [-0.15, -0.1) is 0 Å². The number of hydrogen-bond donors (Lipinski definition) is 3. The van der Waals surface area contributed by atoms with Gasteiger partial charge in [0.05, 0.1) is 24.5 Å². The molecule has 12 nitrogen and oxygen atoms in total. The van der Waals surface area contributed by atoms with Gasteiger partial charge in [0.25, 0.3) is 0 Å². The third-order valence-corrected chi connectivity index (χ3v) is 7.65. The van der Waals surface area contributed by atoms with Crippen LogP contribution in [-0.2, 0) is 4.79 Å². The third-order valence-electron chi connectivity index (χ3n) is 7.65. The Morgan fingerprint density at radius 1 is 1.10 bits per heavy atom. The van der Waals surface area contributed by atoms with Crippen molar-refractivity contribution in [2.75, 3.05) is 36.4 Å². The van der Waals surface area contributed by atoms with Crippen LogP contribution in [0.2, 0.25) is 0 Å². The summed E-state index contributed by atoms with van der Waals surface area (Å²) in [4.78, 5) is 31.1. The molecule has 0 saturated carbocycles. The molecule has 4 aromatic rings. The highest BCUT2D eigenvalue weighted by atomic mass is 19.1. The summed E-state index contributed by atoms with van der Waals surface area (Å²) in [6.45, 7) is 8.49. The zero-order valence-electron chi connectivity index (χ0n) is 22.7. The standard InChI is InChI=1S/C27H32FN11O/c1-17-10-22(32-23-11-18(2)35-36-23)33-26(31-17)37-8-6-27(7-9-37)16-38(15-25(40)34-27)19(3)20-4-5-24(29-12-20)39-14-21(28)13-30-39/h4-5,10-14,19H,6-9,15-16H2,1-3H3,(H,34,40)(H2,31,32,33,35,36). The molecule has 1 amide bonds. The summed E-state index contributed by atoms with van der Waals surface area (Å²) in [7, 11) is 0. The highest BCUT2D eigenvalue weighted by molar-refractivity contribution is 5.80. The number of pyridine rings is 1. The average Bonchev–Trinajstić information content (AvgIpc) is 3.55. The van der Waals surface area contributed by atoms with Crippen LogP contribution in [0.5, 0.6) is 0 Å². The van der Waals surface area contributed by atoms with E-state index in [-0.39, 0.29) is 17.5 Å². The van der Waals surface area contributed by atoms with Gasteiger partial charge < -0.3 is 15.5 Å². The molecule has 13 heteroatoms. The molecule has 4 aromatic heterocycles. The number of hydrogen-bond acceptors (Lipinski definition) is 9. The smallest absolute Gasteiger partial charge is 0.234 e. The number of H-pyrrole nitrogens is 1. The van der Waals surface area contributed by atoms with E-state index in [4.69, 9.17) is 4.98 Å². The summed E-state index contributed by atoms with van der Waals surface area (Å²) in [5, 5.41) is 17.7. The van der Waals surface area contributed by atoms with Crippen LogP contribution in [0.3, 0.4) is 0 Å². The highest BCUT2D eigenvalue weighted by Crippen LogP contribution is 2.32. The number of nitrogens with one attached hydrogen (secondary N) is 3. The fourth-order valence-electron chi connectivity index (χ4n) is 5.48. The lowest BCUT2D eigenvalue weighted by atomic mass is 9.84. The van der Waals surface area contributed by atoms with Gasteiger partial charge in [0.15, 0.2) is 17.5 Å². The van der Waals surface area contributed by atoms with Gasteiger partial charge in [-0.05, 0) is 45.2 Å². The molecule has 6 heterocycles. The van der Waals surface area contributed by atoms with Crippen molar-refractivity contribution in [3.05, 3.63) is 65.6 Å². The number of piperazine rings is 1. The molecule has 3 N–H and O–H groups in total. The Kier molecular flexibility index (Phi) is 6.66. The van der Waals surface area contributed by atoms with E-state index in [2.05, 4.69) is 52.6 Å². The summed E-state index contributed by atoms with van der Waals surface area (Å²) in [5.74, 6) is 2.22. The molecule has 2 fully saturated rings. The molecule has 208 valence electrons. The number of carbonyl (C=O) groups is 1. The molecule has 0 radical (unpaired) electrons. The molecule has 6 rings (SSSR count). The number of halogens is 1. The van der Waals surface area contributed by atoms with Crippen LogP contribution < -0.4 is 15.5 Å². The maximum Gasteiger partial charge on any atom is 0.234 e. The first-order valence-corrected chi connectivity index (χ1v) is 13.4. The molecule has 0 bridgehead atoms. The predicted octanol–water partition coefficient (Wildman–Crippen LogP) is 2.81. The SMILES string of the molecule is Cc1cc(Nc2cc(C)[nH]n2)nc(N2CCC3(CC2)CN(C(C)c2ccc(-n4cc(F)cn4)nc2)CC(=O)N3)n1. The first kappa shape index (κ1) is 25.9. The number of aromatic amines is 1. The maximum absolute atomic E-state index is 13.3.